The Hall–Kier alpha value is -7.22. The lowest BCUT2D eigenvalue weighted by Crippen LogP contribution is -2.14. The van der Waals surface area contributed by atoms with Gasteiger partial charge in [-0.15, -0.1) is 0 Å². The van der Waals surface area contributed by atoms with Crippen LogP contribution in [0.25, 0.3) is 104 Å². The van der Waals surface area contributed by atoms with E-state index in [9.17, 15) is 0 Å². The van der Waals surface area contributed by atoms with E-state index in [1.54, 1.807) is 0 Å². The molecule has 0 spiro atoms. The zero-order valence-electron chi connectivity index (χ0n) is 32.5. The number of rotatable bonds is 4. The second-order valence-electron chi connectivity index (χ2n) is 16.5. The fourth-order valence-electron chi connectivity index (χ4n) is 10.1. The quantitative estimate of drug-likeness (QED) is 0.159. The molecule has 0 N–H and O–H groups in total. The summed E-state index contributed by atoms with van der Waals surface area (Å²) in [4.78, 5) is 0. The van der Waals surface area contributed by atoms with Crippen LogP contribution >= 0.6 is 0 Å². The Bertz CT molecular complexity index is 3440. The molecule has 1 heteroatoms. The molecule has 272 valence electrons. The zero-order chi connectivity index (χ0) is 38.5. The number of hydrogen-bond acceptors (Lipinski definition) is 0. The molecule has 1 aromatic heterocycles. The number of benzene rings is 10. The van der Waals surface area contributed by atoms with Crippen LogP contribution in [0.5, 0.6) is 0 Å². The number of fused-ring (bicyclic) bond motifs is 12. The molecule has 0 bridgehead atoms. The Morgan fingerprint density at radius 1 is 0.293 bits per heavy atom. The number of hydrogen-bond donors (Lipinski definition) is 0. The van der Waals surface area contributed by atoms with Crippen molar-refractivity contribution in [1.29, 1.82) is 0 Å². The molecule has 1 nitrogen and oxygen atoms in total. The van der Waals surface area contributed by atoms with Crippen LogP contribution in [0.1, 0.15) is 25.0 Å². The van der Waals surface area contributed by atoms with E-state index in [0.29, 0.717) is 0 Å². The van der Waals surface area contributed by atoms with Crippen LogP contribution in [-0.2, 0) is 5.41 Å². The minimum atomic E-state index is -0.0808. The van der Waals surface area contributed by atoms with Gasteiger partial charge in [0.05, 0.1) is 11.0 Å². The van der Waals surface area contributed by atoms with Gasteiger partial charge in [0.25, 0.3) is 0 Å². The molecular weight excluding hydrogens is 699 g/mol. The van der Waals surface area contributed by atoms with Crippen molar-refractivity contribution < 1.29 is 0 Å². The lowest BCUT2D eigenvalue weighted by atomic mass is 9.81. The van der Waals surface area contributed by atoms with E-state index >= 15 is 0 Å². The van der Waals surface area contributed by atoms with E-state index in [-0.39, 0.29) is 5.41 Å². The minimum Gasteiger partial charge on any atom is -0.309 e. The molecule has 0 amide bonds. The highest BCUT2D eigenvalue weighted by molar-refractivity contribution is 6.25. The third-order valence-electron chi connectivity index (χ3n) is 12.9. The summed E-state index contributed by atoms with van der Waals surface area (Å²) in [7, 11) is 0. The molecule has 0 radical (unpaired) electrons. The SMILES string of the molecule is CC1(C)c2ccccc2-c2ccc(-c3cc(-c4ccc5c6ccccc6c6ccccc6c5c4)cc(-c4ccc5c(c4)c4ccccc4n5-c4ccccc4)c3)cc21. The Kier molecular flexibility index (Phi) is 7.04. The predicted molar refractivity (Wildman–Crippen MR) is 247 cm³/mol. The fourth-order valence-corrected chi connectivity index (χ4v) is 10.1. The summed E-state index contributed by atoms with van der Waals surface area (Å²) in [5, 5.41) is 10.3. The van der Waals surface area contributed by atoms with Crippen molar-refractivity contribution in [1.82, 2.24) is 4.57 Å². The van der Waals surface area contributed by atoms with Crippen LogP contribution in [0.3, 0.4) is 0 Å². The minimum absolute atomic E-state index is 0.0808. The van der Waals surface area contributed by atoms with Gasteiger partial charge in [-0.05, 0) is 149 Å². The highest BCUT2D eigenvalue weighted by Crippen LogP contribution is 2.50. The van der Waals surface area contributed by atoms with Crippen molar-refractivity contribution in [2.75, 3.05) is 0 Å². The Morgan fingerprint density at radius 3 is 1.45 bits per heavy atom. The number of aromatic nitrogens is 1. The van der Waals surface area contributed by atoms with Gasteiger partial charge in [-0.1, -0.05) is 153 Å². The molecule has 0 saturated carbocycles. The average molecular weight is 738 g/mol. The van der Waals surface area contributed by atoms with Crippen LogP contribution < -0.4 is 0 Å². The Labute approximate surface area is 338 Å². The van der Waals surface area contributed by atoms with Crippen molar-refractivity contribution in [2.24, 2.45) is 0 Å². The predicted octanol–water partition coefficient (Wildman–Crippen LogP) is 15.6. The van der Waals surface area contributed by atoms with E-state index in [2.05, 4.69) is 219 Å². The van der Waals surface area contributed by atoms with Gasteiger partial charge in [-0.3, -0.25) is 0 Å². The van der Waals surface area contributed by atoms with Gasteiger partial charge in [0.15, 0.2) is 0 Å². The molecule has 0 atom stereocenters. The molecule has 10 aromatic carbocycles. The molecule has 58 heavy (non-hydrogen) atoms. The lowest BCUT2D eigenvalue weighted by molar-refractivity contribution is 0.660. The van der Waals surface area contributed by atoms with Crippen molar-refractivity contribution in [2.45, 2.75) is 19.3 Å². The van der Waals surface area contributed by atoms with E-state index in [4.69, 9.17) is 0 Å². The number of nitrogens with zero attached hydrogens (tertiary/aromatic N) is 1. The maximum absolute atomic E-state index is 2.45. The third kappa shape index (κ3) is 4.83. The van der Waals surface area contributed by atoms with Gasteiger partial charge in [-0.25, -0.2) is 0 Å². The maximum Gasteiger partial charge on any atom is 0.0541 e. The van der Waals surface area contributed by atoms with E-state index in [0.717, 1.165) is 0 Å². The summed E-state index contributed by atoms with van der Waals surface area (Å²) in [6.07, 6.45) is 0. The molecule has 0 unspecified atom stereocenters. The average Bonchev–Trinajstić information content (AvgIpc) is 3.74. The molecule has 1 aliphatic rings. The molecule has 12 rings (SSSR count). The summed E-state index contributed by atoms with van der Waals surface area (Å²) in [5.74, 6) is 0. The Morgan fingerprint density at radius 2 is 0.759 bits per heavy atom. The van der Waals surface area contributed by atoms with Gasteiger partial charge < -0.3 is 4.57 Å². The van der Waals surface area contributed by atoms with Crippen LogP contribution in [-0.4, -0.2) is 4.57 Å². The van der Waals surface area contributed by atoms with E-state index in [1.165, 1.54) is 115 Å². The first-order valence-electron chi connectivity index (χ1n) is 20.3. The summed E-state index contributed by atoms with van der Waals surface area (Å²) >= 11 is 0. The van der Waals surface area contributed by atoms with Gasteiger partial charge in [0, 0.05) is 21.9 Å². The summed E-state index contributed by atoms with van der Waals surface area (Å²) < 4.78 is 2.39. The van der Waals surface area contributed by atoms with Crippen molar-refractivity contribution in [3.05, 3.63) is 211 Å². The smallest absolute Gasteiger partial charge is 0.0541 e. The van der Waals surface area contributed by atoms with Crippen LogP contribution in [0.4, 0.5) is 0 Å². The normalized spacial score (nSPS) is 13.1. The largest absolute Gasteiger partial charge is 0.309 e. The summed E-state index contributed by atoms with van der Waals surface area (Å²) in [6, 6.07) is 74.6. The second-order valence-corrected chi connectivity index (χ2v) is 16.5. The van der Waals surface area contributed by atoms with Gasteiger partial charge >= 0.3 is 0 Å². The number of para-hydroxylation sites is 2. The fraction of sp³-hybridized carbons (Fsp3) is 0.0526. The molecular formula is C57H39N. The summed E-state index contributed by atoms with van der Waals surface area (Å²) in [6.45, 7) is 4.74. The zero-order valence-corrected chi connectivity index (χ0v) is 32.5. The summed E-state index contributed by atoms with van der Waals surface area (Å²) in [5.41, 5.74) is 16.3. The monoisotopic (exact) mass is 737 g/mol. The lowest BCUT2D eigenvalue weighted by Gasteiger charge is -2.22. The molecule has 1 aliphatic carbocycles. The van der Waals surface area contributed by atoms with Gasteiger partial charge in [0.2, 0.25) is 0 Å². The topological polar surface area (TPSA) is 4.93 Å². The van der Waals surface area contributed by atoms with E-state index < -0.39 is 0 Å². The van der Waals surface area contributed by atoms with Crippen LogP contribution in [0.15, 0.2) is 200 Å². The first-order chi connectivity index (χ1) is 28.5. The van der Waals surface area contributed by atoms with Crippen LogP contribution in [0, 0.1) is 0 Å². The molecule has 0 aliphatic heterocycles. The highest BCUT2D eigenvalue weighted by Gasteiger charge is 2.35. The van der Waals surface area contributed by atoms with Crippen molar-refractivity contribution >= 4 is 54.1 Å². The Balaban J connectivity index is 1.09. The highest BCUT2D eigenvalue weighted by atomic mass is 15.0. The van der Waals surface area contributed by atoms with Crippen molar-refractivity contribution in [3.63, 3.8) is 0 Å². The molecule has 1 heterocycles. The molecule has 0 saturated heterocycles. The molecule has 11 aromatic rings. The van der Waals surface area contributed by atoms with Gasteiger partial charge in [-0.2, -0.15) is 0 Å². The first-order valence-corrected chi connectivity index (χ1v) is 20.3. The standard InChI is InChI=1S/C57H39N/c1-57(2)53-22-12-10-20-48(53)49-28-25-38(35-54(49)57)41-31-39(36-24-27-47-45-18-7-6-16-43(45)44-17-8-9-19-46(44)51(47)33-36)30-40(32-41)37-26-29-56-52(34-37)50-21-11-13-23-55(50)58(56)42-14-4-3-5-15-42/h3-35H,1-2H3. The van der Waals surface area contributed by atoms with E-state index in [1.807, 2.05) is 0 Å². The van der Waals surface area contributed by atoms with Gasteiger partial charge in [0.1, 0.15) is 0 Å². The first kappa shape index (κ1) is 33.0. The third-order valence-corrected chi connectivity index (χ3v) is 12.9. The van der Waals surface area contributed by atoms with Crippen molar-refractivity contribution in [3.8, 4) is 50.2 Å². The maximum atomic E-state index is 2.45. The van der Waals surface area contributed by atoms with Crippen LogP contribution in [0.2, 0.25) is 0 Å². The molecule has 0 fully saturated rings. The second kappa shape index (κ2) is 12.4.